The molecular formula is C28H41ClN4O2. The van der Waals surface area contributed by atoms with Crippen molar-refractivity contribution in [1.29, 1.82) is 0 Å². The number of amides is 2. The third kappa shape index (κ3) is 4.51. The molecule has 2 saturated carbocycles. The topological polar surface area (TPSA) is 55.9 Å². The van der Waals surface area contributed by atoms with Gasteiger partial charge in [-0.1, -0.05) is 24.6 Å². The fourth-order valence-electron chi connectivity index (χ4n) is 7.50. The van der Waals surface area contributed by atoms with E-state index in [-0.39, 0.29) is 17.7 Å². The molecule has 0 aromatic heterocycles. The van der Waals surface area contributed by atoms with Gasteiger partial charge >= 0.3 is 0 Å². The summed E-state index contributed by atoms with van der Waals surface area (Å²) in [5.41, 5.74) is 2.50. The number of benzene rings is 1. The molecule has 2 heterocycles. The van der Waals surface area contributed by atoms with Crippen LogP contribution in [0.4, 0.5) is 5.69 Å². The highest BCUT2D eigenvalue weighted by Crippen LogP contribution is 2.65. The quantitative estimate of drug-likeness (QED) is 0.580. The first-order valence-electron chi connectivity index (χ1n) is 13.7. The third-order valence-corrected chi connectivity index (χ3v) is 9.87. The zero-order chi connectivity index (χ0) is 24.7. The number of halogens is 1. The van der Waals surface area contributed by atoms with Gasteiger partial charge in [-0.25, -0.2) is 0 Å². The number of carbonyl (C=O) groups is 2. The summed E-state index contributed by atoms with van der Waals surface area (Å²) >= 11 is 6.46. The molecule has 2 aliphatic carbocycles. The van der Waals surface area contributed by atoms with E-state index in [1.54, 1.807) is 6.92 Å². The second kappa shape index (κ2) is 10.0. The minimum absolute atomic E-state index is 0.0373. The lowest BCUT2D eigenvalue weighted by atomic mass is 9.53. The molecule has 192 valence electrons. The highest BCUT2D eigenvalue weighted by Gasteiger charge is 2.68. The zero-order valence-electron chi connectivity index (χ0n) is 21.6. The van der Waals surface area contributed by atoms with E-state index in [9.17, 15) is 9.59 Å². The van der Waals surface area contributed by atoms with Crippen LogP contribution in [0.3, 0.4) is 0 Å². The smallest absolute Gasteiger partial charge is 0.230 e. The maximum absolute atomic E-state index is 13.7. The highest BCUT2D eigenvalue weighted by molar-refractivity contribution is 6.31. The van der Waals surface area contributed by atoms with Crippen molar-refractivity contribution in [3.63, 3.8) is 0 Å². The van der Waals surface area contributed by atoms with Gasteiger partial charge < -0.3 is 15.1 Å². The molecule has 5 rings (SSSR count). The fourth-order valence-corrected chi connectivity index (χ4v) is 7.67. The van der Waals surface area contributed by atoms with Crippen molar-refractivity contribution in [2.75, 3.05) is 37.6 Å². The van der Waals surface area contributed by atoms with Gasteiger partial charge in [0.25, 0.3) is 0 Å². The van der Waals surface area contributed by atoms with Crippen molar-refractivity contribution < 1.29 is 9.59 Å². The summed E-state index contributed by atoms with van der Waals surface area (Å²) in [5, 5.41) is 4.40. The second-order valence-corrected chi connectivity index (χ2v) is 11.7. The molecule has 7 heteroatoms. The van der Waals surface area contributed by atoms with Crippen LogP contribution in [0.15, 0.2) is 18.2 Å². The Labute approximate surface area is 215 Å². The fraction of sp³-hybridized carbons (Fsp3) is 0.714. The molecule has 1 spiro atoms. The second-order valence-electron chi connectivity index (χ2n) is 11.3. The number of hydrogen-bond acceptors (Lipinski definition) is 4. The van der Waals surface area contributed by atoms with Crippen LogP contribution in [0.5, 0.6) is 0 Å². The maximum atomic E-state index is 13.7. The molecule has 4 unspecified atom stereocenters. The average Bonchev–Trinajstić information content (AvgIpc) is 3.21. The van der Waals surface area contributed by atoms with E-state index < -0.39 is 0 Å². The number of nitrogens with one attached hydrogen (secondary N) is 1. The van der Waals surface area contributed by atoms with E-state index in [4.69, 9.17) is 11.6 Å². The summed E-state index contributed by atoms with van der Waals surface area (Å²) < 4.78 is 0. The standard InChI is InChI=1S/C28H41ClN4O2/c1-4-30-22-16-26-28(18-22)11-8-25(28)33(26)13-5-12-32(23-7-6-19(2)24(29)17-23)27(35)21-9-14-31(15-10-21)20(3)34/h6-7,17,21-22,25-26,30H,4-5,8-16,18H2,1-3H3. The minimum atomic E-state index is -0.0373. The lowest BCUT2D eigenvalue weighted by Gasteiger charge is -2.68. The van der Waals surface area contributed by atoms with Gasteiger partial charge in [-0.15, -0.1) is 0 Å². The molecule has 4 atom stereocenters. The van der Waals surface area contributed by atoms with Gasteiger partial charge in [-0.05, 0) is 76.1 Å². The summed E-state index contributed by atoms with van der Waals surface area (Å²) in [6.07, 6.45) is 7.79. The molecular weight excluding hydrogens is 460 g/mol. The van der Waals surface area contributed by atoms with Crippen molar-refractivity contribution in [2.24, 2.45) is 11.3 Å². The Morgan fingerprint density at radius 1 is 1.20 bits per heavy atom. The lowest BCUT2D eigenvalue weighted by molar-refractivity contribution is -0.187. The minimum Gasteiger partial charge on any atom is -0.343 e. The largest absolute Gasteiger partial charge is 0.343 e. The lowest BCUT2D eigenvalue weighted by Crippen LogP contribution is -2.74. The molecule has 1 N–H and O–H groups in total. The van der Waals surface area contributed by atoms with Crippen LogP contribution < -0.4 is 10.2 Å². The third-order valence-electron chi connectivity index (χ3n) is 9.46. The molecule has 0 bridgehead atoms. The molecule has 2 amide bonds. The molecule has 4 aliphatic rings. The normalized spacial score (nSPS) is 30.3. The van der Waals surface area contributed by atoms with E-state index in [1.807, 2.05) is 34.9 Å². The van der Waals surface area contributed by atoms with Crippen LogP contribution in [0.1, 0.15) is 64.4 Å². The molecule has 6 nitrogen and oxygen atoms in total. The molecule has 35 heavy (non-hydrogen) atoms. The van der Waals surface area contributed by atoms with E-state index in [0.717, 1.165) is 55.7 Å². The van der Waals surface area contributed by atoms with Gasteiger partial charge in [-0.3, -0.25) is 14.5 Å². The number of piperidine rings is 2. The van der Waals surface area contributed by atoms with Crippen molar-refractivity contribution in [3.05, 3.63) is 28.8 Å². The van der Waals surface area contributed by atoms with Gasteiger partial charge in [0.15, 0.2) is 0 Å². The Hall–Kier alpha value is -1.63. The monoisotopic (exact) mass is 500 g/mol. The number of anilines is 1. The number of aryl methyl sites for hydroxylation is 1. The van der Waals surface area contributed by atoms with Crippen molar-refractivity contribution in [2.45, 2.75) is 83.8 Å². The summed E-state index contributed by atoms with van der Waals surface area (Å²) in [6.45, 7) is 9.97. The number of likely N-dealkylation sites (tertiary alicyclic amines) is 2. The number of nitrogens with zero attached hydrogens (tertiary/aromatic N) is 3. The predicted octanol–water partition coefficient (Wildman–Crippen LogP) is 4.23. The van der Waals surface area contributed by atoms with Crippen LogP contribution >= 0.6 is 11.6 Å². The van der Waals surface area contributed by atoms with E-state index in [0.29, 0.717) is 36.1 Å². The van der Waals surface area contributed by atoms with Gasteiger partial charge in [-0.2, -0.15) is 0 Å². The van der Waals surface area contributed by atoms with Crippen LogP contribution in [0, 0.1) is 18.3 Å². The molecule has 2 saturated heterocycles. The highest BCUT2D eigenvalue weighted by atomic mass is 35.5. The predicted molar refractivity (Wildman–Crippen MR) is 141 cm³/mol. The number of hydrogen-bond donors (Lipinski definition) is 1. The van der Waals surface area contributed by atoms with E-state index in [1.165, 1.54) is 25.7 Å². The maximum Gasteiger partial charge on any atom is 0.230 e. The van der Waals surface area contributed by atoms with E-state index >= 15 is 0 Å². The van der Waals surface area contributed by atoms with Crippen molar-refractivity contribution >= 4 is 29.1 Å². The summed E-state index contributed by atoms with van der Waals surface area (Å²) in [4.78, 5) is 32.0. The first-order valence-corrected chi connectivity index (χ1v) is 14.0. The summed E-state index contributed by atoms with van der Waals surface area (Å²) in [6, 6.07) is 8.13. The molecule has 4 fully saturated rings. The number of carbonyl (C=O) groups excluding carboxylic acids is 2. The Bertz CT molecular complexity index is 962. The van der Waals surface area contributed by atoms with Gasteiger partial charge in [0.1, 0.15) is 0 Å². The van der Waals surface area contributed by atoms with Gasteiger partial charge in [0.05, 0.1) is 0 Å². The zero-order valence-corrected chi connectivity index (χ0v) is 22.3. The SMILES string of the molecule is CCNC1CC2N(CCCN(C(=O)C3CCN(C(C)=O)CC3)c3ccc(C)c(Cl)c3)C3CCC32C1. The molecule has 2 aliphatic heterocycles. The van der Waals surface area contributed by atoms with Crippen LogP contribution in [-0.4, -0.2) is 72.5 Å². The Balaban J connectivity index is 1.24. The van der Waals surface area contributed by atoms with Crippen molar-refractivity contribution in [3.8, 4) is 0 Å². The Morgan fingerprint density at radius 2 is 1.97 bits per heavy atom. The number of rotatable bonds is 8. The van der Waals surface area contributed by atoms with E-state index in [2.05, 4.69) is 17.1 Å². The van der Waals surface area contributed by atoms with Crippen LogP contribution in [0.25, 0.3) is 0 Å². The first kappa shape index (κ1) is 25.0. The van der Waals surface area contributed by atoms with Gasteiger partial charge in [0, 0.05) is 73.3 Å². The molecule has 1 aromatic rings. The summed E-state index contributed by atoms with van der Waals surface area (Å²) in [7, 11) is 0. The van der Waals surface area contributed by atoms with Crippen LogP contribution in [0.2, 0.25) is 5.02 Å². The average molecular weight is 501 g/mol. The Morgan fingerprint density at radius 3 is 2.60 bits per heavy atom. The van der Waals surface area contributed by atoms with Crippen molar-refractivity contribution in [1.82, 2.24) is 15.1 Å². The molecule has 0 radical (unpaired) electrons. The molecule has 1 aromatic carbocycles. The Kier molecular flexibility index (Phi) is 7.17. The first-order chi connectivity index (χ1) is 16.8. The van der Waals surface area contributed by atoms with Gasteiger partial charge in [0.2, 0.25) is 11.8 Å². The van der Waals surface area contributed by atoms with Crippen LogP contribution in [-0.2, 0) is 9.59 Å². The summed E-state index contributed by atoms with van der Waals surface area (Å²) in [5.74, 6) is 0.246.